The van der Waals surface area contributed by atoms with Crippen molar-refractivity contribution in [1.29, 1.82) is 0 Å². The Bertz CT molecular complexity index is 310. The van der Waals surface area contributed by atoms with Gasteiger partial charge in [0.1, 0.15) is 0 Å². The van der Waals surface area contributed by atoms with Crippen LogP contribution in [0.5, 0.6) is 0 Å². The smallest absolute Gasteiger partial charge is 0.322 e. The summed E-state index contributed by atoms with van der Waals surface area (Å²) in [5.41, 5.74) is -1.21. The maximum absolute atomic E-state index is 12.0. The highest BCUT2D eigenvalue weighted by Gasteiger charge is 2.39. The zero-order valence-electron chi connectivity index (χ0n) is 14.9. The molecule has 0 saturated carbocycles. The molecule has 130 valence electrons. The molecule has 0 heterocycles. The monoisotopic (exact) mass is 314 g/mol. The highest BCUT2D eigenvalue weighted by Crippen LogP contribution is 2.20. The topological polar surface area (TPSA) is 52.6 Å². The molecule has 0 rings (SSSR count). The summed E-state index contributed by atoms with van der Waals surface area (Å²) >= 11 is 0. The minimum absolute atomic E-state index is 0.376. The lowest BCUT2D eigenvalue weighted by Gasteiger charge is -2.20. The lowest BCUT2D eigenvalue weighted by atomic mass is 9.94. The van der Waals surface area contributed by atoms with Gasteiger partial charge in [-0.05, 0) is 26.7 Å². The third kappa shape index (κ3) is 9.06. The summed E-state index contributed by atoms with van der Waals surface area (Å²) in [6.45, 7) is 8.17. The van der Waals surface area contributed by atoms with E-state index < -0.39 is 17.4 Å². The predicted molar refractivity (Wildman–Crippen MR) is 88.6 cm³/mol. The van der Waals surface area contributed by atoms with Gasteiger partial charge in [0.05, 0.1) is 13.2 Å². The Kier molecular flexibility index (Phi) is 11.9. The van der Waals surface area contributed by atoms with Crippen LogP contribution in [0.25, 0.3) is 0 Å². The Morgan fingerprint density at radius 2 is 1.05 bits per heavy atom. The van der Waals surface area contributed by atoms with Crippen LogP contribution in [0.1, 0.15) is 85.5 Å². The molecule has 0 fully saturated rings. The summed E-state index contributed by atoms with van der Waals surface area (Å²) in [6, 6.07) is 0. The first-order chi connectivity index (χ1) is 10.5. The third-order valence-corrected chi connectivity index (χ3v) is 3.73. The van der Waals surface area contributed by atoms with Crippen LogP contribution < -0.4 is 0 Å². The molecule has 0 amide bonds. The highest BCUT2D eigenvalue weighted by atomic mass is 16.6. The molecule has 0 aliphatic rings. The summed E-state index contributed by atoms with van der Waals surface area (Å²) in [4.78, 5) is 24.0. The molecule has 0 N–H and O–H groups in total. The molecule has 0 bridgehead atoms. The molecule has 0 aliphatic heterocycles. The molecule has 4 heteroatoms. The fraction of sp³-hybridized carbons (Fsp3) is 0.889. The van der Waals surface area contributed by atoms with E-state index in [2.05, 4.69) is 13.8 Å². The van der Waals surface area contributed by atoms with Crippen LogP contribution in [0.3, 0.4) is 0 Å². The second kappa shape index (κ2) is 12.5. The van der Waals surface area contributed by atoms with E-state index in [9.17, 15) is 9.59 Å². The zero-order chi connectivity index (χ0) is 16.8. The number of rotatable bonds is 13. The van der Waals surface area contributed by atoms with Crippen molar-refractivity contribution < 1.29 is 19.1 Å². The van der Waals surface area contributed by atoms with E-state index in [0.29, 0.717) is 13.2 Å². The van der Waals surface area contributed by atoms with E-state index in [1.165, 1.54) is 25.7 Å². The molecule has 0 aromatic heterocycles. The van der Waals surface area contributed by atoms with Gasteiger partial charge in [-0.3, -0.25) is 9.59 Å². The predicted octanol–water partition coefficient (Wildman–Crippen LogP) is 4.65. The molecule has 0 atom stereocenters. The second-order valence-electron chi connectivity index (χ2n) is 6.37. The van der Waals surface area contributed by atoms with E-state index in [1.807, 2.05) is 0 Å². The molecule has 0 aromatic rings. The highest BCUT2D eigenvalue weighted by molar-refractivity contribution is 5.99. The first-order valence-electron chi connectivity index (χ1n) is 8.81. The summed E-state index contributed by atoms with van der Waals surface area (Å²) in [7, 11) is 0. The zero-order valence-corrected chi connectivity index (χ0v) is 14.9. The van der Waals surface area contributed by atoms with Crippen molar-refractivity contribution in [3.05, 3.63) is 0 Å². The molecular formula is C18H34O4. The largest absolute Gasteiger partial charge is 0.465 e. The number of hydrogen-bond donors (Lipinski definition) is 0. The fourth-order valence-corrected chi connectivity index (χ4v) is 2.01. The quantitative estimate of drug-likeness (QED) is 0.282. The van der Waals surface area contributed by atoms with Gasteiger partial charge >= 0.3 is 11.9 Å². The fourth-order valence-electron chi connectivity index (χ4n) is 2.01. The average Bonchev–Trinajstić information content (AvgIpc) is 2.50. The van der Waals surface area contributed by atoms with Crippen molar-refractivity contribution in [2.45, 2.75) is 85.5 Å². The molecule has 0 aliphatic carbocycles. The molecule has 4 nitrogen and oxygen atoms in total. The second-order valence-corrected chi connectivity index (χ2v) is 6.37. The molecule has 0 unspecified atom stereocenters. The average molecular weight is 314 g/mol. The number of hydrogen-bond acceptors (Lipinski definition) is 4. The van der Waals surface area contributed by atoms with Crippen molar-refractivity contribution in [1.82, 2.24) is 0 Å². The van der Waals surface area contributed by atoms with Crippen molar-refractivity contribution in [3.63, 3.8) is 0 Å². The van der Waals surface area contributed by atoms with Crippen LogP contribution >= 0.6 is 0 Å². The van der Waals surface area contributed by atoms with Crippen LogP contribution in [0, 0.1) is 5.41 Å². The van der Waals surface area contributed by atoms with Crippen LogP contribution in [0.4, 0.5) is 0 Å². The normalized spacial score (nSPS) is 11.3. The minimum atomic E-state index is -1.21. The number of carbonyl (C=O) groups excluding carboxylic acids is 2. The number of carbonyl (C=O) groups is 2. The van der Waals surface area contributed by atoms with Gasteiger partial charge in [0, 0.05) is 0 Å². The van der Waals surface area contributed by atoms with Crippen molar-refractivity contribution in [2.75, 3.05) is 13.2 Å². The summed E-state index contributed by atoms with van der Waals surface area (Å²) in [5, 5.41) is 0. The van der Waals surface area contributed by atoms with E-state index in [4.69, 9.17) is 9.47 Å². The van der Waals surface area contributed by atoms with Crippen molar-refractivity contribution in [2.24, 2.45) is 5.41 Å². The van der Waals surface area contributed by atoms with E-state index in [1.54, 1.807) is 13.8 Å². The maximum Gasteiger partial charge on any atom is 0.322 e. The molecule has 0 radical (unpaired) electrons. The lowest BCUT2D eigenvalue weighted by molar-refractivity contribution is -0.169. The lowest BCUT2D eigenvalue weighted by Crippen LogP contribution is -2.37. The SMILES string of the molecule is CCCCCCCCOC(=O)C(C)(C)C(=O)OCCCCC. The van der Waals surface area contributed by atoms with Crippen LogP contribution in [-0.4, -0.2) is 25.2 Å². The number of unbranched alkanes of at least 4 members (excludes halogenated alkanes) is 7. The van der Waals surface area contributed by atoms with Gasteiger partial charge in [0.15, 0.2) is 5.41 Å². The van der Waals surface area contributed by atoms with Crippen molar-refractivity contribution in [3.8, 4) is 0 Å². The third-order valence-electron chi connectivity index (χ3n) is 3.73. The van der Waals surface area contributed by atoms with Gasteiger partial charge in [-0.1, -0.05) is 58.8 Å². The minimum Gasteiger partial charge on any atom is -0.465 e. The summed E-state index contributed by atoms with van der Waals surface area (Å²) < 4.78 is 10.4. The van der Waals surface area contributed by atoms with E-state index >= 15 is 0 Å². The molecule has 22 heavy (non-hydrogen) atoms. The molecule has 0 spiro atoms. The Labute approximate surface area is 135 Å². The first-order valence-corrected chi connectivity index (χ1v) is 8.81. The molecular weight excluding hydrogens is 280 g/mol. The van der Waals surface area contributed by atoms with Gasteiger partial charge in [0.2, 0.25) is 0 Å². The van der Waals surface area contributed by atoms with E-state index in [-0.39, 0.29) is 0 Å². The Morgan fingerprint density at radius 3 is 1.55 bits per heavy atom. The van der Waals surface area contributed by atoms with Gasteiger partial charge in [-0.2, -0.15) is 0 Å². The van der Waals surface area contributed by atoms with Crippen LogP contribution in [-0.2, 0) is 19.1 Å². The number of esters is 2. The molecule has 0 saturated heterocycles. The summed E-state index contributed by atoms with van der Waals surface area (Å²) in [5.74, 6) is -0.974. The molecule has 0 aromatic carbocycles. The van der Waals surface area contributed by atoms with Gasteiger partial charge in [-0.25, -0.2) is 0 Å². The van der Waals surface area contributed by atoms with Gasteiger partial charge < -0.3 is 9.47 Å². The maximum atomic E-state index is 12.0. The number of ether oxygens (including phenoxy) is 2. The summed E-state index contributed by atoms with van der Waals surface area (Å²) in [6.07, 6.45) is 9.75. The van der Waals surface area contributed by atoms with Gasteiger partial charge in [0.25, 0.3) is 0 Å². The van der Waals surface area contributed by atoms with Crippen LogP contribution in [0.2, 0.25) is 0 Å². The Hall–Kier alpha value is -1.06. The Morgan fingerprint density at radius 1 is 0.682 bits per heavy atom. The standard InChI is InChI=1S/C18H34O4/c1-5-7-9-10-11-13-15-22-17(20)18(3,4)16(19)21-14-12-8-6-2/h5-15H2,1-4H3. The van der Waals surface area contributed by atoms with Crippen LogP contribution in [0.15, 0.2) is 0 Å². The first kappa shape index (κ1) is 20.9. The van der Waals surface area contributed by atoms with Crippen molar-refractivity contribution >= 4 is 11.9 Å². The Balaban J connectivity index is 3.88. The van der Waals surface area contributed by atoms with Gasteiger partial charge in [-0.15, -0.1) is 0 Å². The van der Waals surface area contributed by atoms with E-state index in [0.717, 1.165) is 32.1 Å².